The van der Waals surface area contributed by atoms with Crippen molar-refractivity contribution >= 4 is 38.9 Å². The lowest BCUT2D eigenvalue weighted by atomic mass is 9.96. The Kier molecular flexibility index (Phi) is 6.04. The summed E-state index contributed by atoms with van der Waals surface area (Å²) in [7, 11) is 0. The highest BCUT2D eigenvalue weighted by molar-refractivity contribution is 9.10. The minimum absolute atomic E-state index is 0.00991. The van der Waals surface area contributed by atoms with Crippen molar-refractivity contribution < 1.29 is 0 Å². The molecule has 0 saturated carbocycles. The number of nitrogens with zero attached hydrogens (tertiary/aromatic N) is 3. The molecule has 0 unspecified atom stereocenters. The zero-order valence-electron chi connectivity index (χ0n) is 18.6. The van der Waals surface area contributed by atoms with Crippen molar-refractivity contribution in [2.45, 2.75) is 32.5 Å². The molecule has 2 aromatic carbocycles. The van der Waals surface area contributed by atoms with E-state index < -0.39 is 0 Å². The SMILES string of the molecule is Cc1cc([C@@H]2[C@H](c3ccccn3)NC(=S)N2c2ccc(Br)cc2)c(C)n1Cc1ccccc1. The molecule has 3 heterocycles. The zero-order valence-corrected chi connectivity index (χ0v) is 21.0. The number of pyridine rings is 1. The van der Waals surface area contributed by atoms with Gasteiger partial charge in [-0.1, -0.05) is 52.3 Å². The highest BCUT2D eigenvalue weighted by atomic mass is 79.9. The first-order valence-electron chi connectivity index (χ1n) is 11.0. The third kappa shape index (κ3) is 4.21. The molecule has 0 spiro atoms. The molecule has 1 aliphatic rings. The van der Waals surface area contributed by atoms with Gasteiger partial charge in [0, 0.05) is 34.3 Å². The van der Waals surface area contributed by atoms with E-state index in [2.05, 4.69) is 116 Å². The third-order valence-electron chi connectivity index (χ3n) is 6.32. The van der Waals surface area contributed by atoms with Crippen LogP contribution in [0.5, 0.6) is 0 Å². The van der Waals surface area contributed by atoms with Crippen LogP contribution < -0.4 is 10.2 Å². The van der Waals surface area contributed by atoms with Gasteiger partial charge in [-0.3, -0.25) is 4.98 Å². The standard InChI is InChI=1S/C27H25BrN4S/c1-18-16-23(19(2)31(18)17-20-8-4-3-5-9-20)26-25(24-10-6-7-15-29-24)30-27(33)32(26)22-13-11-21(28)12-14-22/h3-16,25-26H,17H2,1-2H3,(H,30,33)/t25-,26+/m0/s1. The topological polar surface area (TPSA) is 33.1 Å². The Labute approximate surface area is 208 Å². The van der Waals surface area contributed by atoms with Gasteiger partial charge in [-0.2, -0.15) is 0 Å². The summed E-state index contributed by atoms with van der Waals surface area (Å²) in [6, 6.07) is 27.2. The number of aryl methyl sites for hydroxylation is 1. The van der Waals surface area contributed by atoms with E-state index in [-0.39, 0.29) is 12.1 Å². The first-order chi connectivity index (χ1) is 16.0. The van der Waals surface area contributed by atoms with E-state index >= 15 is 0 Å². The van der Waals surface area contributed by atoms with Gasteiger partial charge in [-0.25, -0.2) is 0 Å². The fourth-order valence-corrected chi connectivity index (χ4v) is 5.30. The summed E-state index contributed by atoms with van der Waals surface area (Å²) in [6.45, 7) is 5.23. The molecule has 0 amide bonds. The maximum atomic E-state index is 5.87. The molecule has 1 saturated heterocycles. The lowest BCUT2D eigenvalue weighted by Gasteiger charge is -2.28. The molecule has 2 aromatic heterocycles. The van der Waals surface area contributed by atoms with Crippen LogP contribution in [0.25, 0.3) is 0 Å². The first kappa shape index (κ1) is 21.9. The van der Waals surface area contributed by atoms with Crippen LogP contribution in [-0.4, -0.2) is 14.7 Å². The highest BCUT2D eigenvalue weighted by Crippen LogP contribution is 2.43. The van der Waals surface area contributed by atoms with E-state index in [0.29, 0.717) is 5.11 Å². The molecule has 2 atom stereocenters. The third-order valence-corrected chi connectivity index (χ3v) is 7.16. The van der Waals surface area contributed by atoms with Gasteiger partial charge in [0.2, 0.25) is 0 Å². The summed E-state index contributed by atoms with van der Waals surface area (Å²) < 4.78 is 3.43. The Hall–Kier alpha value is -2.96. The summed E-state index contributed by atoms with van der Waals surface area (Å²) in [5, 5.41) is 4.28. The number of anilines is 1. The summed E-state index contributed by atoms with van der Waals surface area (Å²) in [4.78, 5) is 6.91. The van der Waals surface area contributed by atoms with Crippen LogP contribution in [0.4, 0.5) is 5.69 Å². The van der Waals surface area contributed by atoms with E-state index in [1.165, 1.54) is 22.5 Å². The molecule has 33 heavy (non-hydrogen) atoms. The van der Waals surface area contributed by atoms with Crippen LogP contribution in [0.1, 0.15) is 40.3 Å². The van der Waals surface area contributed by atoms with E-state index in [9.17, 15) is 0 Å². The van der Waals surface area contributed by atoms with Gasteiger partial charge in [-0.15, -0.1) is 0 Å². The van der Waals surface area contributed by atoms with Gasteiger partial charge in [-0.05, 0) is 79.7 Å². The minimum atomic E-state index is -0.0481. The number of rotatable bonds is 5. The van der Waals surface area contributed by atoms with Gasteiger partial charge in [0.25, 0.3) is 0 Å². The van der Waals surface area contributed by atoms with Crippen LogP contribution in [0.15, 0.2) is 89.5 Å². The van der Waals surface area contributed by atoms with E-state index in [4.69, 9.17) is 12.2 Å². The molecular weight excluding hydrogens is 492 g/mol. The van der Waals surface area contributed by atoms with Crippen LogP contribution in [-0.2, 0) is 6.54 Å². The van der Waals surface area contributed by atoms with Crippen molar-refractivity contribution in [1.82, 2.24) is 14.9 Å². The molecular formula is C27H25BrN4S. The number of aromatic nitrogens is 2. The lowest BCUT2D eigenvalue weighted by Crippen LogP contribution is -2.29. The Morgan fingerprint density at radius 1 is 0.970 bits per heavy atom. The molecule has 1 fully saturated rings. The summed E-state index contributed by atoms with van der Waals surface area (Å²) in [6.07, 6.45) is 1.85. The molecule has 4 aromatic rings. The number of thiocarbonyl (C=S) groups is 1. The largest absolute Gasteiger partial charge is 0.351 e. The molecule has 5 rings (SSSR count). The Morgan fingerprint density at radius 3 is 2.39 bits per heavy atom. The number of hydrogen-bond acceptors (Lipinski definition) is 2. The Bertz CT molecular complexity index is 1270. The smallest absolute Gasteiger partial charge is 0.174 e. The zero-order chi connectivity index (χ0) is 22.9. The average molecular weight is 517 g/mol. The molecule has 1 aliphatic heterocycles. The summed E-state index contributed by atoms with van der Waals surface area (Å²) in [5.74, 6) is 0. The fraction of sp³-hybridized carbons (Fsp3) is 0.185. The van der Waals surface area contributed by atoms with E-state index in [1.807, 2.05) is 18.3 Å². The van der Waals surface area contributed by atoms with Gasteiger partial charge in [0.1, 0.15) is 0 Å². The number of hydrogen-bond donors (Lipinski definition) is 1. The van der Waals surface area contributed by atoms with Crippen LogP contribution in [0.2, 0.25) is 0 Å². The molecule has 0 radical (unpaired) electrons. The van der Waals surface area contributed by atoms with Crippen molar-refractivity contribution in [2.24, 2.45) is 0 Å². The van der Waals surface area contributed by atoms with Crippen molar-refractivity contribution in [3.8, 4) is 0 Å². The van der Waals surface area contributed by atoms with Crippen molar-refractivity contribution in [2.75, 3.05) is 4.90 Å². The maximum absolute atomic E-state index is 5.87. The van der Waals surface area contributed by atoms with E-state index in [1.54, 1.807) is 0 Å². The quantitative estimate of drug-likeness (QED) is 0.307. The maximum Gasteiger partial charge on any atom is 0.174 e. The predicted molar refractivity (Wildman–Crippen MR) is 142 cm³/mol. The second-order valence-corrected chi connectivity index (χ2v) is 9.67. The molecule has 4 nitrogen and oxygen atoms in total. The molecule has 0 aliphatic carbocycles. The van der Waals surface area contributed by atoms with Crippen LogP contribution in [0.3, 0.4) is 0 Å². The molecule has 1 N–H and O–H groups in total. The number of halogens is 1. The summed E-state index contributed by atoms with van der Waals surface area (Å²) >= 11 is 9.42. The molecule has 166 valence electrons. The lowest BCUT2D eigenvalue weighted by molar-refractivity contribution is 0.563. The van der Waals surface area contributed by atoms with Crippen LogP contribution >= 0.6 is 28.1 Å². The van der Waals surface area contributed by atoms with Gasteiger partial charge >= 0.3 is 0 Å². The van der Waals surface area contributed by atoms with Crippen LogP contribution in [0, 0.1) is 13.8 Å². The van der Waals surface area contributed by atoms with Crippen molar-refractivity contribution in [1.29, 1.82) is 0 Å². The fourth-order valence-electron chi connectivity index (χ4n) is 4.69. The average Bonchev–Trinajstić information content (AvgIpc) is 3.32. The second-order valence-electron chi connectivity index (χ2n) is 8.37. The van der Waals surface area contributed by atoms with Gasteiger partial charge in [0.15, 0.2) is 5.11 Å². The van der Waals surface area contributed by atoms with Gasteiger partial charge < -0.3 is 14.8 Å². The Balaban J connectivity index is 1.62. The second kappa shape index (κ2) is 9.12. The Morgan fingerprint density at radius 2 is 1.70 bits per heavy atom. The van der Waals surface area contributed by atoms with E-state index in [0.717, 1.165) is 22.4 Å². The predicted octanol–water partition coefficient (Wildman–Crippen LogP) is 6.49. The normalized spacial score (nSPS) is 17.9. The van der Waals surface area contributed by atoms with Gasteiger partial charge in [0.05, 0.1) is 17.8 Å². The summed E-state index contributed by atoms with van der Waals surface area (Å²) in [5.41, 5.74) is 7.08. The highest BCUT2D eigenvalue weighted by Gasteiger charge is 2.42. The molecule has 0 bridgehead atoms. The minimum Gasteiger partial charge on any atom is -0.351 e. The number of benzene rings is 2. The first-order valence-corrected chi connectivity index (χ1v) is 12.2. The van der Waals surface area contributed by atoms with Crippen molar-refractivity contribution in [3.05, 3.63) is 118 Å². The van der Waals surface area contributed by atoms with Crippen molar-refractivity contribution in [3.63, 3.8) is 0 Å². The monoisotopic (exact) mass is 516 g/mol. The number of nitrogens with one attached hydrogen (secondary N) is 1. The molecule has 6 heteroatoms.